The van der Waals surface area contributed by atoms with Crippen molar-refractivity contribution in [3.63, 3.8) is 0 Å². The average molecular weight is 318 g/mol. The third kappa shape index (κ3) is 3.95. The SMILES string of the molecule is Cc1occc1C(=O)NC1CCN(C(=O)CCC2CCC2)CC1. The Kier molecular flexibility index (Phi) is 5.03. The van der Waals surface area contributed by atoms with Crippen LogP contribution < -0.4 is 5.32 Å². The summed E-state index contributed by atoms with van der Waals surface area (Å²) in [4.78, 5) is 26.4. The van der Waals surface area contributed by atoms with Gasteiger partial charge in [0.2, 0.25) is 5.91 Å². The summed E-state index contributed by atoms with van der Waals surface area (Å²) < 4.78 is 5.17. The molecule has 0 bridgehead atoms. The molecule has 1 aliphatic carbocycles. The van der Waals surface area contributed by atoms with Crippen LogP contribution in [0.5, 0.6) is 0 Å². The standard InChI is InChI=1S/C18H26N2O3/c1-13-16(9-12-23-13)18(22)19-15-7-10-20(11-8-15)17(21)6-5-14-3-2-4-14/h9,12,14-15H,2-8,10-11H2,1H3,(H,19,22). The van der Waals surface area contributed by atoms with Crippen molar-refractivity contribution in [2.75, 3.05) is 13.1 Å². The molecule has 2 amide bonds. The van der Waals surface area contributed by atoms with E-state index in [2.05, 4.69) is 5.32 Å². The molecule has 1 saturated heterocycles. The molecule has 1 saturated carbocycles. The Balaban J connectivity index is 1.40. The number of aryl methyl sites for hydroxylation is 1. The molecule has 1 N–H and O–H groups in total. The largest absolute Gasteiger partial charge is 0.469 e. The second-order valence-electron chi connectivity index (χ2n) is 6.85. The van der Waals surface area contributed by atoms with E-state index in [1.807, 2.05) is 4.90 Å². The molecule has 0 atom stereocenters. The number of rotatable bonds is 5. The summed E-state index contributed by atoms with van der Waals surface area (Å²) in [6.07, 6.45) is 8.87. The topological polar surface area (TPSA) is 62.6 Å². The molecule has 0 radical (unpaired) electrons. The predicted molar refractivity (Wildman–Crippen MR) is 87.1 cm³/mol. The van der Waals surface area contributed by atoms with Gasteiger partial charge >= 0.3 is 0 Å². The van der Waals surface area contributed by atoms with Crippen LogP contribution in [0, 0.1) is 12.8 Å². The molecule has 0 spiro atoms. The molecule has 1 aromatic heterocycles. The summed E-state index contributed by atoms with van der Waals surface area (Å²) in [6, 6.07) is 1.84. The van der Waals surface area contributed by atoms with E-state index in [-0.39, 0.29) is 17.9 Å². The van der Waals surface area contributed by atoms with Gasteiger partial charge in [-0.15, -0.1) is 0 Å². The second kappa shape index (κ2) is 7.20. The smallest absolute Gasteiger partial charge is 0.255 e. The van der Waals surface area contributed by atoms with Crippen LogP contribution in [0.4, 0.5) is 0 Å². The minimum atomic E-state index is -0.0778. The number of likely N-dealkylation sites (tertiary alicyclic amines) is 1. The van der Waals surface area contributed by atoms with Crippen LogP contribution in [0.15, 0.2) is 16.7 Å². The molecule has 0 unspecified atom stereocenters. The van der Waals surface area contributed by atoms with Crippen LogP contribution in [0.25, 0.3) is 0 Å². The van der Waals surface area contributed by atoms with Crippen molar-refractivity contribution in [2.45, 2.75) is 57.9 Å². The molecule has 2 aliphatic rings. The van der Waals surface area contributed by atoms with E-state index in [0.717, 1.165) is 38.3 Å². The van der Waals surface area contributed by atoms with E-state index >= 15 is 0 Å². The molecule has 2 fully saturated rings. The Morgan fingerprint density at radius 1 is 1.26 bits per heavy atom. The van der Waals surface area contributed by atoms with Crippen molar-refractivity contribution in [3.05, 3.63) is 23.7 Å². The van der Waals surface area contributed by atoms with E-state index in [1.54, 1.807) is 13.0 Å². The summed E-state index contributed by atoms with van der Waals surface area (Å²) in [5.74, 6) is 1.64. The molecular weight excluding hydrogens is 292 g/mol. The van der Waals surface area contributed by atoms with Crippen LogP contribution in [-0.4, -0.2) is 35.8 Å². The van der Waals surface area contributed by atoms with Crippen LogP contribution in [0.1, 0.15) is 61.1 Å². The first-order valence-corrected chi connectivity index (χ1v) is 8.76. The van der Waals surface area contributed by atoms with Gasteiger partial charge in [-0.3, -0.25) is 9.59 Å². The van der Waals surface area contributed by atoms with Gasteiger partial charge in [0.05, 0.1) is 11.8 Å². The maximum Gasteiger partial charge on any atom is 0.255 e. The highest BCUT2D eigenvalue weighted by Gasteiger charge is 2.26. The predicted octanol–water partition coefficient (Wildman–Crippen LogP) is 2.89. The van der Waals surface area contributed by atoms with Gasteiger partial charge in [-0.25, -0.2) is 0 Å². The molecule has 1 aromatic rings. The Bertz CT molecular complexity index is 554. The van der Waals surface area contributed by atoms with Crippen LogP contribution in [-0.2, 0) is 4.79 Å². The Hall–Kier alpha value is -1.78. The fraction of sp³-hybridized carbons (Fsp3) is 0.667. The van der Waals surface area contributed by atoms with Gasteiger partial charge in [0.25, 0.3) is 5.91 Å². The molecule has 3 rings (SSSR count). The lowest BCUT2D eigenvalue weighted by atomic mass is 9.82. The maximum absolute atomic E-state index is 12.2. The van der Waals surface area contributed by atoms with Gasteiger partial charge in [-0.05, 0) is 38.2 Å². The first-order chi connectivity index (χ1) is 11.1. The summed E-state index contributed by atoms with van der Waals surface area (Å²) in [5, 5.41) is 3.05. The van der Waals surface area contributed by atoms with Gasteiger partial charge in [0.1, 0.15) is 5.76 Å². The number of amides is 2. The lowest BCUT2D eigenvalue weighted by Gasteiger charge is -2.33. The molecule has 2 heterocycles. The van der Waals surface area contributed by atoms with E-state index in [4.69, 9.17) is 4.42 Å². The van der Waals surface area contributed by atoms with Crippen molar-refractivity contribution in [2.24, 2.45) is 5.92 Å². The number of nitrogens with zero attached hydrogens (tertiary/aromatic N) is 1. The molecule has 5 nitrogen and oxygen atoms in total. The zero-order valence-electron chi connectivity index (χ0n) is 13.8. The third-order valence-corrected chi connectivity index (χ3v) is 5.28. The quantitative estimate of drug-likeness (QED) is 0.908. The normalized spacial score (nSPS) is 19.4. The minimum absolute atomic E-state index is 0.0778. The Morgan fingerprint density at radius 3 is 2.57 bits per heavy atom. The summed E-state index contributed by atoms with van der Waals surface area (Å²) in [5.41, 5.74) is 0.601. The number of carbonyl (C=O) groups is 2. The van der Waals surface area contributed by atoms with Crippen molar-refractivity contribution in [1.82, 2.24) is 10.2 Å². The molecule has 1 aliphatic heterocycles. The average Bonchev–Trinajstić information content (AvgIpc) is 2.92. The number of hydrogen-bond donors (Lipinski definition) is 1. The summed E-state index contributed by atoms with van der Waals surface area (Å²) in [7, 11) is 0. The zero-order valence-corrected chi connectivity index (χ0v) is 13.8. The fourth-order valence-corrected chi connectivity index (χ4v) is 3.42. The van der Waals surface area contributed by atoms with Gasteiger partial charge in [0, 0.05) is 25.6 Å². The highest BCUT2D eigenvalue weighted by atomic mass is 16.3. The Morgan fingerprint density at radius 2 is 2.00 bits per heavy atom. The monoisotopic (exact) mass is 318 g/mol. The lowest BCUT2D eigenvalue weighted by molar-refractivity contribution is -0.132. The molecule has 23 heavy (non-hydrogen) atoms. The van der Waals surface area contributed by atoms with Crippen molar-refractivity contribution >= 4 is 11.8 Å². The second-order valence-corrected chi connectivity index (χ2v) is 6.85. The lowest BCUT2D eigenvalue weighted by Crippen LogP contribution is -2.46. The van der Waals surface area contributed by atoms with Crippen molar-refractivity contribution in [3.8, 4) is 0 Å². The molecule has 5 heteroatoms. The van der Waals surface area contributed by atoms with E-state index in [1.165, 1.54) is 25.5 Å². The molecular formula is C18H26N2O3. The number of piperidine rings is 1. The Labute approximate surface area is 137 Å². The van der Waals surface area contributed by atoms with Crippen molar-refractivity contribution in [1.29, 1.82) is 0 Å². The van der Waals surface area contributed by atoms with Gasteiger partial charge in [-0.2, -0.15) is 0 Å². The van der Waals surface area contributed by atoms with E-state index in [0.29, 0.717) is 17.7 Å². The van der Waals surface area contributed by atoms with Crippen molar-refractivity contribution < 1.29 is 14.0 Å². The summed E-state index contributed by atoms with van der Waals surface area (Å²) >= 11 is 0. The number of hydrogen-bond acceptors (Lipinski definition) is 3. The summed E-state index contributed by atoms with van der Waals surface area (Å²) in [6.45, 7) is 3.29. The van der Waals surface area contributed by atoms with Crippen LogP contribution in [0.2, 0.25) is 0 Å². The maximum atomic E-state index is 12.2. The van der Waals surface area contributed by atoms with E-state index in [9.17, 15) is 9.59 Å². The minimum Gasteiger partial charge on any atom is -0.469 e. The number of carbonyl (C=O) groups excluding carboxylic acids is 2. The first kappa shape index (κ1) is 16.1. The van der Waals surface area contributed by atoms with E-state index < -0.39 is 0 Å². The zero-order chi connectivity index (χ0) is 16.2. The highest BCUT2D eigenvalue weighted by molar-refractivity contribution is 5.95. The first-order valence-electron chi connectivity index (χ1n) is 8.76. The highest BCUT2D eigenvalue weighted by Crippen LogP contribution is 2.30. The van der Waals surface area contributed by atoms with Gasteiger partial charge in [0.15, 0.2) is 0 Å². The third-order valence-electron chi connectivity index (χ3n) is 5.28. The van der Waals surface area contributed by atoms with Gasteiger partial charge in [-0.1, -0.05) is 19.3 Å². The molecule has 126 valence electrons. The fourth-order valence-electron chi connectivity index (χ4n) is 3.42. The number of nitrogens with one attached hydrogen (secondary N) is 1. The number of furan rings is 1. The van der Waals surface area contributed by atoms with Crippen LogP contribution >= 0.6 is 0 Å². The van der Waals surface area contributed by atoms with Crippen LogP contribution in [0.3, 0.4) is 0 Å². The van der Waals surface area contributed by atoms with Gasteiger partial charge < -0.3 is 14.6 Å². The molecule has 0 aromatic carbocycles.